The van der Waals surface area contributed by atoms with Gasteiger partial charge in [0.05, 0.1) is 6.61 Å². The van der Waals surface area contributed by atoms with Crippen LogP contribution in [-0.2, 0) is 0 Å². The van der Waals surface area contributed by atoms with E-state index in [0.29, 0.717) is 17.9 Å². The molecule has 1 aromatic carbocycles. The molecule has 3 nitrogen and oxygen atoms in total. The van der Waals surface area contributed by atoms with E-state index in [1.165, 1.54) is 13.0 Å². The number of hydrogen-bond acceptors (Lipinski definition) is 3. The zero-order valence-electron chi connectivity index (χ0n) is 7.70. The van der Waals surface area contributed by atoms with Gasteiger partial charge in [0.25, 0.3) is 0 Å². The number of benzene rings is 1. The van der Waals surface area contributed by atoms with Gasteiger partial charge < -0.3 is 9.84 Å². The molecule has 0 aromatic heterocycles. The van der Waals surface area contributed by atoms with Crippen LogP contribution in [-0.4, -0.2) is 17.5 Å². The number of aromatic hydroxyl groups is 1. The van der Waals surface area contributed by atoms with E-state index in [4.69, 9.17) is 4.74 Å². The zero-order valence-corrected chi connectivity index (χ0v) is 7.70. The highest BCUT2D eigenvalue weighted by molar-refractivity contribution is 5.94. The summed E-state index contributed by atoms with van der Waals surface area (Å²) < 4.78 is 5.13. The van der Waals surface area contributed by atoms with E-state index in [2.05, 4.69) is 0 Å². The Balaban J connectivity index is 3.03. The number of Topliss-reactive ketones (excluding diaryl/α,β-unsaturated/α-hetero) is 1. The minimum absolute atomic E-state index is 0.0408. The zero-order chi connectivity index (χ0) is 9.84. The Labute approximate surface area is 77.0 Å². The van der Waals surface area contributed by atoms with Crippen LogP contribution in [0.3, 0.4) is 0 Å². The third-order valence-electron chi connectivity index (χ3n) is 1.67. The average Bonchev–Trinajstić information content (AvgIpc) is 2.08. The molecule has 3 heteroatoms. The van der Waals surface area contributed by atoms with Gasteiger partial charge in [-0.3, -0.25) is 4.79 Å². The molecule has 0 saturated heterocycles. The minimum Gasteiger partial charge on any atom is -0.504 e. The van der Waals surface area contributed by atoms with Crippen LogP contribution in [0.4, 0.5) is 0 Å². The number of phenols is 1. The van der Waals surface area contributed by atoms with Crippen LogP contribution >= 0.6 is 0 Å². The molecular formula is C10H12O3. The normalized spacial score (nSPS) is 9.69. The van der Waals surface area contributed by atoms with Crippen LogP contribution in [0.5, 0.6) is 11.5 Å². The molecule has 1 aromatic rings. The fourth-order valence-corrected chi connectivity index (χ4v) is 1.00. The summed E-state index contributed by atoms with van der Waals surface area (Å²) in [5.74, 6) is 0.378. The second-order valence-electron chi connectivity index (χ2n) is 2.67. The summed E-state index contributed by atoms with van der Waals surface area (Å²) in [5.41, 5.74) is 0.543. The van der Waals surface area contributed by atoms with Crippen LogP contribution in [0.2, 0.25) is 0 Å². The molecule has 0 bridgehead atoms. The van der Waals surface area contributed by atoms with Crippen molar-refractivity contribution in [1.29, 1.82) is 0 Å². The van der Waals surface area contributed by atoms with E-state index in [1.54, 1.807) is 12.1 Å². The maximum absolute atomic E-state index is 11.0. The highest BCUT2D eigenvalue weighted by atomic mass is 16.5. The predicted molar refractivity (Wildman–Crippen MR) is 49.3 cm³/mol. The van der Waals surface area contributed by atoms with Crippen LogP contribution < -0.4 is 4.74 Å². The minimum atomic E-state index is -0.0408. The van der Waals surface area contributed by atoms with Crippen molar-refractivity contribution in [3.05, 3.63) is 23.8 Å². The molecule has 1 rings (SSSR count). The summed E-state index contributed by atoms with van der Waals surface area (Å²) in [4.78, 5) is 11.0. The topological polar surface area (TPSA) is 46.5 Å². The first-order valence-electron chi connectivity index (χ1n) is 4.12. The van der Waals surface area contributed by atoms with Gasteiger partial charge in [0.15, 0.2) is 17.3 Å². The molecule has 0 aliphatic carbocycles. The molecular weight excluding hydrogens is 168 g/mol. The van der Waals surface area contributed by atoms with E-state index in [0.717, 1.165) is 0 Å². The van der Waals surface area contributed by atoms with Crippen molar-refractivity contribution in [1.82, 2.24) is 0 Å². The molecule has 1 N–H and O–H groups in total. The fourth-order valence-electron chi connectivity index (χ4n) is 1.00. The third-order valence-corrected chi connectivity index (χ3v) is 1.67. The van der Waals surface area contributed by atoms with E-state index in [9.17, 15) is 9.90 Å². The summed E-state index contributed by atoms with van der Waals surface area (Å²) >= 11 is 0. The van der Waals surface area contributed by atoms with Crippen LogP contribution in [0.1, 0.15) is 24.2 Å². The van der Waals surface area contributed by atoms with Crippen molar-refractivity contribution in [2.75, 3.05) is 6.61 Å². The lowest BCUT2D eigenvalue weighted by atomic mass is 10.1. The van der Waals surface area contributed by atoms with Gasteiger partial charge in [0.1, 0.15) is 0 Å². The van der Waals surface area contributed by atoms with E-state index in [1.807, 2.05) is 6.92 Å². The summed E-state index contributed by atoms with van der Waals surface area (Å²) in [6, 6.07) is 4.57. The first kappa shape index (κ1) is 9.58. The molecule has 0 fully saturated rings. The number of ether oxygens (including phenoxy) is 1. The van der Waals surface area contributed by atoms with E-state index >= 15 is 0 Å². The SMILES string of the molecule is CCOc1cc(C(C)=O)ccc1O. The van der Waals surface area contributed by atoms with Gasteiger partial charge in [0.2, 0.25) is 0 Å². The first-order valence-corrected chi connectivity index (χ1v) is 4.12. The fraction of sp³-hybridized carbons (Fsp3) is 0.300. The number of rotatable bonds is 3. The monoisotopic (exact) mass is 180 g/mol. The van der Waals surface area contributed by atoms with Gasteiger partial charge in [-0.25, -0.2) is 0 Å². The van der Waals surface area contributed by atoms with Crippen molar-refractivity contribution in [3.8, 4) is 11.5 Å². The molecule has 0 aliphatic heterocycles. The van der Waals surface area contributed by atoms with E-state index in [-0.39, 0.29) is 11.5 Å². The lowest BCUT2D eigenvalue weighted by molar-refractivity contribution is 0.101. The van der Waals surface area contributed by atoms with Crippen LogP contribution in [0.15, 0.2) is 18.2 Å². The van der Waals surface area contributed by atoms with Gasteiger partial charge in [0, 0.05) is 5.56 Å². The average molecular weight is 180 g/mol. The Bertz CT molecular complexity index is 318. The Kier molecular flexibility index (Phi) is 2.90. The maximum atomic E-state index is 11.0. The quantitative estimate of drug-likeness (QED) is 0.723. The second kappa shape index (κ2) is 3.94. The van der Waals surface area contributed by atoms with E-state index < -0.39 is 0 Å². The van der Waals surface area contributed by atoms with Gasteiger partial charge in [-0.1, -0.05) is 0 Å². The number of hydrogen-bond donors (Lipinski definition) is 1. The number of carbonyl (C=O) groups is 1. The lowest BCUT2D eigenvalue weighted by Gasteiger charge is -2.06. The van der Waals surface area contributed by atoms with Gasteiger partial charge in [-0.15, -0.1) is 0 Å². The molecule has 0 atom stereocenters. The number of phenolic OH excluding ortho intramolecular Hbond substituents is 1. The highest BCUT2D eigenvalue weighted by Crippen LogP contribution is 2.26. The summed E-state index contributed by atoms with van der Waals surface area (Å²) in [6.45, 7) is 3.76. The molecule has 0 saturated carbocycles. The third kappa shape index (κ3) is 2.21. The molecule has 0 radical (unpaired) electrons. The molecule has 13 heavy (non-hydrogen) atoms. The van der Waals surface area contributed by atoms with Gasteiger partial charge in [-0.05, 0) is 32.0 Å². The molecule has 70 valence electrons. The number of ketones is 1. The lowest BCUT2D eigenvalue weighted by Crippen LogP contribution is -1.96. The van der Waals surface area contributed by atoms with Crippen molar-refractivity contribution in [2.24, 2.45) is 0 Å². The first-order chi connectivity index (χ1) is 6.15. The van der Waals surface area contributed by atoms with Crippen molar-refractivity contribution in [3.63, 3.8) is 0 Å². The Hall–Kier alpha value is -1.51. The molecule has 0 heterocycles. The molecule has 0 unspecified atom stereocenters. The predicted octanol–water partition coefficient (Wildman–Crippen LogP) is 1.99. The number of carbonyl (C=O) groups excluding carboxylic acids is 1. The Morgan fingerprint density at radius 2 is 2.23 bits per heavy atom. The highest BCUT2D eigenvalue weighted by Gasteiger charge is 2.05. The van der Waals surface area contributed by atoms with Gasteiger partial charge >= 0.3 is 0 Å². The maximum Gasteiger partial charge on any atom is 0.161 e. The van der Waals surface area contributed by atoms with Gasteiger partial charge in [-0.2, -0.15) is 0 Å². The Morgan fingerprint density at radius 1 is 1.54 bits per heavy atom. The largest absolute Gasteiger partial charge is 0.504 e. The summed E-state index contributed by atoms with van der Waals surface area (Å²) in [5, 5.41) is 9.31. The standard InChI is InChI=1S/C10H12O3/c1-3-13-10-6-8(7(2)11)4-5-9(10)12/h4-6,12H,3H2,1-2H3. The molecule has 0 spiro atoms. The second-order valence-corrected chi connectivity index (χ2v) is 2.67. The van der Waals surface area contributed by atoms with Crippen molar-refractivity contribution >= 4 is 5.78 Å². The van der Waals surface area contributed by atoms with Crippen LogP contribution in [0, 0.1) is 0 Å². The van der Waals surface area contributed by atoms with Crippen LogP contribution in [0.25, 0.3) is 0 Å². The van der Waals surface area contributed by atoms with Crippen molar-refractivity contribution < 1.29 is 14.6 Å². The molecule has 0 aliphatic rings. The molecule has 0 amide bonds. The summed E-state index contributed by atoms with van der Waals surface area (Å²) in [6.07, 6.45) is 0. The summed E-state index contributed by atoms with van der Waals surface area (Å²) in [7, 11) is 0. The Morgan fingerprint density at radius 3 is 2.77 bits per heavy atom. The smallest absolute Gasteiger partial charge is 0.161 e. The van der Waals surface area contributed by atoms with Crippen molar-refractivity contribution in [2.45, 2.75) is 13.8 Å².